The molecule has 0 bridgehead atoms. The van der Waals surface area contributed by atoms with E-state index in [2.05, 4.69) is 37.9 Å². The van der Waals surface area contributed by atoms with Gasteiger partial charge in [0.25, 0.3) is 0 Å². The van der Waals surface area contributed by atoms with Gasteiger partial charge in [-0.25, -0.2) is 0 Å². The molecule has 0 spiro atoms. The second kappa shape index (κ2) is 6.72. The van der Waals surface area contributed by atoms with Crippen molar-refractivity contribution in [3.05, 3.63) is 0 Å². The van der Waals surface area contributed by atoms with Gasteiger partial charge in [0.1, 0.15) is 0 Å². The average Bonchev–Trinajstić information content (AvgIpc) is 2.26. The molecule has 1 aliphatic rings. The number of piperidine rings is 1. The highest BCUT2D eigenvalue weighted by molar-refractivity contribution is 4.85. The summed E-state index contributed by atoms with van der Waals surface area (Å²) in [6.07, 6.45) is 2.45. The van der Waals surface area contributed by atoms with Crippen LogP contribution in [0.25, 0.3) is 0 Å². The van der Waals surface area contributed by atoms with Gasteiger partial charge in [0.2, 0.25) is 0 Å². The summed E-state index contributed by atoms with van der Waals surface area (Å²) >= 11 is 0. The Balaban J connectivity index is 2.30. The Kier molecular flexibility index (Phi) is 5.90. The monoisotopic (exact) mass is 242 g/mol. The summed E-state index contributed by atoms with van der Waals surface area (Å²) in [7, 11) is 1.84. The minimum absolute atomic E-state index is 0.0729. The van der Waals surface area contributed by atoms with E-state index >= 15 is 0 Å². The van der Waals surface area contributed by atoms with Gasteiger partial charge < -0.3 is 15.0 Å². The zero-order chi connectivity index (χ0) is 12.9. The summed E-state index contributed by atoms with van der Waals surface area (Å²) < 4.78 is 5.63. The SMILES string of the molecule is COC1(C)CCCN(CC(C)CNC(C)C)C1. The molecule has 1 aliphatic heterocycles. The quantitative estimate of drug-likeness (QED) is 0.772. The fourth-order valence-corrected chi connectivity index (χ4v) is 2.57. The van der Waals surface area contributed by atoms with E-state index in [0.29, 0.717) is 12.0 Å². The lowest BCUT2D eigenvalue weighted by Crippen LogP contribution is -2.49. The van der Waals surface area contributed by atoms with Crippen molar-refractivity contribution >= 4 is 0 Å². The van der Waals surface area contributed by atoms with Crippen LogP contribution in [0.3, 0.4) is 0 Å². The normalized spacial score (nSPS) is 28.6. The van der Waals surface area contributed by atoms with Crippen molar-refractivity contribution < 1.29 is 4.74 Å². The zero-order valence-corrected chi connectivity index (χ0v) is 12.3. The highest BCUT2D eigenvalue weighted by Gasteiger charge is 2.30. The van der Waals surface area contributed by atoms with Gasteiger partial charge in [-0.15, -0.1) is 0 Å². The number of methoxy groups -OCH3 is 1. The van der Waals surface area contributed by atoms with Crippen LogP contribution in [-0.4, -0.2) is 49.8 Å². The van der Waals surface area contributed by atoms with Crippen LogP contribution in [0.2, 0.25) is 0 Å². The molecule has 17 heavy (non-hydrogen) atoms. The fourth-order valence-electron chi connectivity index (χ4n) is 2.57. The first-order valence-corrected chi connectivity index (χ1v) is 6.96. The molecule has 0 saturated carbocycles. The Morgan fingerprint density at radius 2 is 2.06 bits per heavy atom. The molecule has 1 saturated heterocycles. The van der Waals surface area contributed by atoms with Crippen LogP contribution in [-0.2, 0) is 4.74 Å². The van der Waals surface area contributed by atoms with E-state index in [1.165, 1.54) is 25.9 Å². The topological polar surface area (TPSA) is 24.5 Å². The first kappa shape index (κ1) is 14.9. The molecule has 3 heteroatoms. The maximum atomic E-state index is 5.63. The van der Waals surface area contributed by atoms with E-state index in [1.54, 1.807) is 0 Å². The molecule has 0 aromatic rings. The van der Waals surface area contributed by atoms with Gasteiger partial charge in [0.15, 0.2) is 0 Å². The van der Waals surface area contributed by atoms with Crippen LogP contribution in [0.5, 0.6) is 0 Å². The third kappa shape index (κ3) is 5.36. The number of ether oxygens (including phenoxy) is 1. The van der Waals surface area contributed by atoms with Crippen molar-refractivity contribution in [3.8, 4) is 0 Å². The van der Waals surface area contributed by atoms with Crippen LogP contribution in [0.15, 0.2) is 0 Å². The molecule has 0 aliphatic carbocycles. The fraction of sp³-hybridized carbons (Fsp3) is 1.00. The van der Waals surface area contributed by atoms with Crippen molar-refractivity contribution in [2.75, 3.05) is 33.3 Å². The molecule has 1 fully saturated rings. The molecule has 0 radical (unpaired) electrons. The maximum Gasteiger partial charge on any atom is 0.0777 e. The Bertz CT molecular complexity index is 220. The standard InChI is InChI=1S/C14H30N2O/c1-12(2)15-9-13(3)10-16-8-6-7-14(4,11-16)17-5/h12-13,15H,6-11H2,1-5H3. The largest absolute Gasteiger partial charge is 0.377 e. The Hall–Kier alpha value is -0.120. The summed E-state index contributed by atoms with van der Waals surface area (Å²) in [5.74, 6) is 0.705. The van der Waals surface area contributed by atoms with Gasteiger partial charge in [-0.2, -0.15) is 0 Å². The van der Waals surface area contributed by atoms with Gasteiger partial charge in [-0.05, 0) is 38.8 Å². The first-order chi connectivity index (χ1) is 7.95. The molecule has 1 heterocycles. The molecule has 0 aromatic carbocycles. The molecule has 1 N–H and O–H groups in total. The van der Waals surface area contributed by atoms with Gasteiger partial charge in [0.05, 0.1) is 5.60 Å². The lowest BCUT2D eigenvalue weighted by molar-refractivity contribution is -0.0531. The molecule has 1 rings (SSSR count). The second-order valence-corrected chi connectivity index (χ2v) is 6.16. The molecule has 102 valence electrons. The van der Waals surface area contributed by atoms with Crippen molar-refractivity contribution in [2.45, 2.75) is 52.2 Å². The number of rotatable bonds is 6. The molecule has 2 atom stereocenters. The summed E-state index contributed by atoms with van der Waals surface area (Å²) in [6.45, 7) is 13.6. The summed E-state index contributed by atoms with van der Waals surface area (Å²) in [5, 5.41) is 3.51. The minimum Gasteiger partial charge on any atom is -0.377 e. The summed E-state index contributed by atoms with van der Waals surface area (Å²) in [5.41, 5.74) is 0.0729. The molecule has 3 nitrogen and oxygen atoms in total. The lowest BCUT2D eigenvalue weighted by atomic mass is 9.94. The maximum absolute atomic E-state index is 5.63. The van der Waals surface area contributed by atoms with Crippen molar-refractivity contribution in [1.29, 1.82) is 0 Å². The van der Waals surface area contributed by atoms with Crippen LogP contribution in [0, 0.1) is 5.92 Å². The van der Waals surface area contributed by atoms with Crippen LogP contribution >= 0.6 is 0 Å². The zero-order valence-electron chi connectivity index (χ0n) is 12.3. The number of hydrogen-bond donors (Lipinski definition) is 1. The van der Waals surface area contributed by atoms with E-state index < -0.39 is 0 Å². The Morgan fingerprint density at radius 3 is 2.65 bits per heavy atom. The summed E-state index contributed by atoms with van der Waals surface area (Å²) in [4.78, 5) is 2.56. The molecule has 0 amide bonds. The number of nitrogens with one attached hydrogen (secondary N) is 1. The van der Waals surface area contributed by atoms with Gasteiger partial charge in [-0.1, -0.05) is 20.8 Å². The van der Waals surface area contributed by atoms with E-state index in [0.717, 1.165) is 13.1 Å². The molecular formula is C14H30N2O. The average molecular weight is 242 g/mol. The van der Waals surface area contributed by atoms with Gasteiger partial charge in [-0.3, -0.25) is 0 Å². The van der Waals surface area contributed by atoms with E-state index in [1.807, 2.05) is 7.11 Å². The van der Waals surface area contributed by atoms with Gasteiger partial charge in [0, 0.05) is 26.2 Å². The van der Waals surface area contributed by atoms with Crippen LogP contribution < -0.4 is 5.32 Å². The molecule has 2 unspecified atom stereocenters. The first-order valence-electron chi connectivity index (χ1n) is 6.96. The Labute approximate surface area is 107 Å². The summed E-state index contributed by atoms with van der Waals surface area (Å²) in [6, 6.07) is 0.586. The molecule has 0 aromatic heterocycles. The van der Waals surface area contributed by atoms with Gasteiger partial charge >= 0.3 is 0 Å². The highest BCUT2D eigenvalue weighted by atomic mass is 16.5. The predicted octanol–water partition coefficient (Wildman–Crippen LogP) is 2.12. The lowest BCUT2D eigenvalue weighted by Gasteiger charge is -2.40. The number of likely N-dealkylation sites (tertiary alicyclic amines) is 1. The minimum atomic E-state index is 0.0729. The number of hydrogen-bond acceptors (Lipinski definition) is 3. The third-order valence-corrected chi connectivity index (χ3v) is 3.68. The van der Waals surface area contributed by atoms with Crippen molar-refractivity contribution in [3.63, 3.8) is 0 Å². The van der Waals surface area contributed by atoms with Crippen molar-refractivity contribution in [2.24, 2.45) is 5.92 Å². The van der Waals surface area contributed by atoms with Crippen molar-refractivity contribution in [1.82, 2.24) is 10.2 Å². The third-order valence-electron chi connectivity index (χ3n) is 3.68. The predicted molar refractivity (Wildman–Crippen MR) is 73.4 cm³/mol. The molecular weight excluding hydrogens is 212 g/mol. The van der Waals surface area contributed by atoms with Crippen LogP contribution in [0.1, 0.15) is 40.5 Å². The van der Waals surface area contributed by atoms with Crippen LogP contribution in [0.4, 0.5) is 0 Å². The number of nitrogens with zero attached hydrogens (tertiary/aromatic N) is 1. The van der Waals surface area contributed by atoms with E-state index in [-0.39, 0.29) is 5.60 Å². The Morgan fingerprint density at radius 1 is 1.35 bits per heavy atom. The van der Waals surface area contributed by atoms with E-state index in [4.69, 9.17) is 4.74 Å². The van der Waals surface area contributed by atoms with E-state index in [9.17, 15) is 0 Å². The highest BCUT2D eigenvalue weighted by Crippen LogP contribution is 2.24. The second-order valence-electron chi connectivity index (χ2n) is 6.16. The smallest absolute Gasteiger partial charge is 0.0777 e.